The van der Waals surface area contributed by atoms with E-state index in [-0.39, 0.29) is 17.9 Å². The molecule has 5 rings (SSSR count). The van der Waals surface area contributed by atoms with Gasteiger partial charge in [-0.2, -0.15) is 0 Å². The Morgan fingerprint density at radius 3 is 2.45 bits per heavy atom. The normalized spacial score (nSPS) is 18.7. The van der Waals surface area contributed by atoms with Crippen LogP contribution in [0.25, 0.3) is 22.0 Å². The lowest BCUT2D eigenvalue weighted by molar-refractivity contribution is -0.144. The number of carbonyl (C=O) groups excluding carboxylic acids is 2. The molecule has 198 valence electrons. The number of halogens is 2. The predicted molar refractivity (Wildman–Crippen MR) is 147 cm³/mol. The molecule has 2 aromatic carbocycles. The Labute approximate surface area is 230 Å². The van der Waals surface area contributed by atoms with Gasteiger partial charge < -0.3 is 24.6 Å². The van der Waals surface area contributed by atoms with Gasteiger partial charge in [-0.05, 0) is 36.6 Å². The van der Waals surface area contributed by atoms with Crippen molar-refractivity contribution in [3.8, 4) is 22.6 Å². The van der Waals surface area contributed by atoms with Crippen molar-refractivity contribution < 1.29 is 19.1 Å². The second-order valence-electron chi connectivity index (χ2n) is 9.22. The average Bonchev–Trinajstić information content (AvgIpc) is 3.31. The number of carbonyl (C=O) groups is 2. The summed E-state index contributed by atoms with van der Waals surface area (Å²) in [7, 11) is 3.06. The molecule has 38 heavy (non-hydrogen) atoms. The van der Waals surface area contributed by atoms with Crippen LogP contribution in [0, 0.1) is 0 Å². The molecule has 2 saturated heterocycles. The van der Waals surface area contributed by atoms with Crippen LogP contribution in [0.15, 0.2) is 43.1 Å². The molecule has 11 heteroatoms. The molecule has 2 aliphatic heterocycles. The SMILES string of the molecule is C=CC(=O)N1C[C@@H](Nc2ncc3cc(-c4c(Cl)c(OC)cc(OC)c4Cl)ccc3n2)C[C@H]1C(=O)N1CCC1. The maximum Gasteiger partial charge on any atom is 0.246 e. The van der Waals surface area contributed by atoms with Gasteiger partial charge in [0.25, 0.3) is 0 Å². The summed E-state index contributed by atoms with van der Waals surface area (Å²) in [4.78, 5) is 37.9. The smallest absolute Gasteiger partial charge is 0.246 e. The molecule has 0 spiro atoms. The maximum absolute atomic E-state index is 12.9. The van der Waals surface area contributed by atoms with Crippen molar-refractivity contribution >= 4 is 51.9 Å². The Kier molecular flexibility index (Phi) is 7.32. The minimum Gasteiger partial charge on any atom is -0.495 e. The predicted octanol–water partition coefficient (Wildman–Crippen LogP) is 4.42. The van der Waals surface area contributed by atoms with E-state index in [0.29, 0.717) is 51.5 Å². The van der Waals surface area contributed by atoms with Gasteiger partial charge in [0.2, 0.25) is 17.8 Å². The summed E-state index contributed by atoms with van der Waals surface area (Å²) in [6, 6.07) is 6.57. The molecular formula is C27H27Cl2N5O4. The molecule has 0 radical (unpaired) electrons. The van der Waals surface area contributed by atoms with E-state index < -0.39 is 6.04 Å². The highest BCUT2D eigenvalue weighted by Crippen LogP contribution is 2.46. The van der Waals surface area contributed by atoms with E-state index in [9.17, 15) is 9.59 Å². The molecule has 2 fully saturated rings. The Morgan fingerprint density at radius 1 is 1.13 bits per heavy atom. The Hall–Kier alpha value is -3.56. The molecule has 9 nitrogen and oxygen atoms in total. The third kappa shape index (κ3) is 4.72. The fourth-order valence-corrected chi connectivity index (χ4v) is 5.58. The molecule has 0 aliphatic carbocycles. The minimum absolute atomic E-state index is 0.0193. The molecule has 0 saturated carbocycles. The number of methoxy groups -OCH3 is 2. The molecule has 1 aromatic heterocycles. The van der Waals surface area contributed by atoms with Gasteiger partial charge in [0.15, 0.2) is 0 Å². The largest absolute Gasteiger partial charge is 0.495 e. The Morgan fingerprint density at radius 2 is 1.84 bits per heavy atom. The van der Waals surface area contributed by atoms with Crippen LogP contribution in [0.3, 0.4) is 0 Å². The lowest BCUT2D eigenvalue weighted by Gasteiger charge is -2.35. The van der Waals surface area contributed by atoms with Gasteiger partial charge in [-0.15, -0.1) is 0 Å². The van der Waals surface area contributed by atoms with Crippen molar-refractivity contribution in [3.63, 3.8) is 0 Å². The zero-order valence-corrected chi connectivity index (χ0v) is 22.6. The van der Waals surface area contributed by atoms with Gasteiger partial charge in [0, 0.05) is 48.9 Å². The summed E-state index contributed by atoms with van der Waals surface area (Å²) < 4.78 is 10.8. The second kappa shape index (κ2) is 10.7. The number of nitrogens with one attached hydrogen (secondary N) is 1. The molecule has 2 atom stereocenters. The standard InChI is InChI=1S/C27H27Cl2N5O4/c1-4-22(35)34-14-17(11-19(34)26(36)33-8-5-9-33)31-27-30-13-16-10-15(6-7-18(16)32-27)23-24(28)20(37-2)12-21(38-3)25(23)29/h4,6-7,10,12-13,17,19H,1,5,8-9,11,14H2,2-3H3,(H,30,31,32)/t17-,19-/m0/s1. The van der Waals surface area contributed by atoms with Gasteiger partial charge in [-0.25, -0.2) is 9.97 Å². The molecule has 3 aromatic rings. The minimum atomic E-state index is -0.518. The molecule has 2 aliphatic rings. The first-order chi connectivity index (χ1) is 18.3. The third-order valence-corrected chi connectivity index (χ3v) is 7.74. The lowest BCUT2D eigenvalue weighted by Crippen LogP contribution is -2.52. The zero-order chi connectivity index (χ0) is 27.0. The first kappa shape index (κ1) is 26.1. The van der Waals surface area contributed by atoms with Crippen molar-refractivity contribution in [2.75, 3.05) is 39.2 Å². The number of likely N-dealkylation sites (tertiary alicyclic amines) is 2. The van der Waals surface area contributed by atoms with E-state index >= 15 is 0 Å². The van der Waals surface area contributed by atoms with Gasteiger partial charge in [0.1, 0.15) is 17.5 Å². The van der Waals surface area contributed by atoms with Crippen LogP contribution in [0.2, 0.25) is 10.0 Å². The quantitative estimate of drug-likeness (QED) is 0.431. The molecule has 0 bridgehead atoms. The van der Waals surface area contributed by atoms with E-state index in [1.54, 1.807) is 22.1 Å². The van der Waals surface area contributed by atoms with Gasteiger partial charge in [-0.1, -0.05) is 35.8 Å². The van der Waals surface area contributed by atoms with E-state index in [4.69, 9.17) is 32.7 Å². The molecule has 1 N–H and O–H groups in total. The summed E-state index contributed by atoms with van der Waals surface area (Å²) in [6.45, 7) is 5.42. The number of fused-ring (bicyclic) bond motifs is 1. The van der Waals surface area contributed by atoms with E-state index in [0.717, 1.165) is 30.5 Å². The number of hydrogen-bond donors (Lipinski definition) is 1. The van der Waals surface area contributed by atoms with Crippen molar-refractivity contribution in [1.82, 2.24) is 19.8 Å². The summed E-state index contributed by atoms with van der Waals surface area (Å²) in [5.74, 6) is 1.04. The van der Waals surface area contributed by atoms with E-state index in [1.165, 1.54) is 20.3 Å². The third-order valence-electron chi connectivity index (χ3n) is 6.99. The average molecular weight is 556 g/mol. The number of rotatable bonds is 7. The highest BCUT2D eigenvalue weighted by molar-refractivity contribution is 6.41. The Bertz CT molecular complexity index is 1400. The van der Waals surface area contributed by atoms with Crippen molar-refractivity contribution in [2.24, 2.45) is 0 Å². The van der Waals surface area contributed by atoms with Crippen LogP contribution in [0.5, 0.6) is 11.5 Å². The van der Waals surface area contributed by atoms with Crippen LogP contribution >= 0.6 is 23.2 Å². The van der Waals surface area contributed by atoms with Crippen LogP contribution in [0.1, 0.15) is 12.8 Å². The van der Waals surface area contributed by atoms with Crippen molar-refractivity contribution in [1.29, 1.82) is 0 Å². The first-order valence-electron chi connectivity index (χ1n) is 12.2. The van der Waals surface area contributed by atoms with Gasteiger partial charge in [0.05, 0.1) is 29.8 Å². The number of hydrogen-bond acceptors (Lipinski definition) is 7. The molecule has 3 heterocycles. The second-order valence-corrected chi connectivity index (χ2v) is 9.97. The maximum atomic E-state index is 12.9. The fourth-order valence-electron chi connectivity index (χ4n) is 4.86. The highest BCUT2D eigenvalue weighted by Gasteiger charge is 2.41. The van der Waals surface area contributed by atoms with Crippen LogP contribution in [0.4, 0.5) is 5.95 Å². The topological polar surface area (TPSA) is 96.9 Å². The summed E-state index contributed by atoms with van der Waals surface area (Å²) >= 11 is 13.2. The summed E-state index contributed by atoms with van der Waals surface area (Å²) in [5.41, 5.74) is 2.05. The highest BCUT2D eigenvalue weighted by atomic mass is 35.5. The number of aromatic nitrogens is 2. The van der Waals surface area contributed by atoms with Crippen molar-refractivity contribution in [2.45, 2.75) is 24.9 Å². The van der Waals surface area contributed by atoms with Crippen molar-refractivity contribution in [3.05, 3.63) is 53.2 Å². The summed E-state index contributed by atoms with van der Waals surface area (Å²) in [6.07, 6.45) is 4.42. The first-order valence-corrected chi connectivity index (χ1v) is 13.0. The van der Waals surface area contributed by atoms with E-state index in [1.807, 2.05) is 18.2 Å². The molecule has 2 amide bonds. The van der Waals surface area contributed by atoms with Crippen LogP contribution in [-0.4, -0.2) is 77.5 Å². The number of benzene rings is 2. The van der Waals surface area contributed by atoms with Gasteiger partial charge in [-0.3, -0.25) is 9.59 Å². The zero-order valence-electron chi connectivity index (χ0n) is 21.0. The summed E-state index contributed by atoms with van der Waals surface area (Å²) in [5, 5.41) is 4.83. The number of anilines is 1. The molecule has 0 unspecified atom stereocenters. The lowest BCUT2D eigenvalue weighted by atomic mass is 10.0. The van der Waals surface area contributed by atoms with Crippen LogP contribution < -0.4 is 14.8 Å². The van der Waals surface area contributed by atoms with E-state index in [2.05, 4.69) is 21.9 Å². The van der Waals surface area contributed by atoms with Crippen LogP contribution in [-0.2, 0) is 9.59 Å². The number of ether oxygens (including phenoxy) is 2. The molecular weight excluding hydrogens is 529 g/mol. The number of amides is 2. The number of nitrogens with zero attached hydrogens (tertiary/aromatic N) is 4. The monoisotopic (exact) mass is 555 g/mol. The van der Waals surface area contributed by atoms with Gasteiger partial charge >= 0.3 is 0 Å². The fraction of sp³-hybridized carbons (Fsp3) is 0.333. The Balaban J connectivity index is 1.39.